The van der Waals surface area contributed by atoms with E-state index in [0.29, 0.717) is 25.8 Å². The van der Waals surface area contributed by atoms with Gasteiger partial charge in [0.25, 0.3) is 0 Å². The summed E-state index contributed by atoms with van der Waals surface area (Å²) in [5.41, 5.74) is 1.04. The van der Waals surface area contributed by atoms with E-state index in [2.05, 4.69) is 10.2 Å². The monoisotopic (exact) mass is 345 g/mol. The Bertz CT molecular complexity index is 616. The van der Waals surface area contributed by atoms with E-state index in [1.807, 2.05) is 23.1 Å². The molecule has 1 aromatic carbocycles. The third kappa shape index (κ3) is 3.84. The highest BCUT2D eigenvalue weighted by atomic mass is 16.6. The molecule has 6 nitrogen and oxygen atoms in total. The Labute approximate surface area is 149 Å². The summed E-state index contributed by atoms with van der Waals surface area (Å²) in [5.74, 6) is 1.55. The Morgan fingerprint density at radius 1 is 1.08 bits per heavy atom. The number of likely N-dealkylation sites (tertiary alicyclic amines) is 2. The molecule has 2 amide bonds. The highest BCUT2D eigenvalue weighted by Crippen LogP contribution is 2.30. The molecule has 0 saturated carbocycles. The molecule has 2 fully saturated rings. The van der Waals surface area contributed by atoms with Crippen LogP contribution < -0.4 is 14.8 Å². The maximum absolute atomic E-state index is 12.6. The van der Waals surface area contributed by atoms with Gasteiger partial charge in [-0.05, 0) is 56.5 Å². The normalized spacial score (nSPS) is 23.0. The number of nitrogens with zero attached hydrogens (tertiary/aromatic N) is 2. The fourth-order valence-electron chi connectivity index (χ4n) is 4.03. The highest BCUT2D eigenvalue weighted by molar-refractivity contribution is 5.75. The first kappa shape index (κ1) is 16.5. The first-order valence-electron chi connectivity index (χ1n) is 9.45. The smallest absolute Gasteiger partial charge is 0.317 e. The Balaban J connectivity index is 1.32. The number of hydrogen-bond donors (Lipinski definition) is 1. The number of rotatable bonds is 4. The first-order chi connectivity index (χ1) is 12.3. The van der Waals surface area contributed by atoms with Crippen LogP contribution in [0, 0.1) is 0 Å². The summed E-state index contributed by atoms with van der Waals surface area (Å²) in [6.45, 7) is 5.95. The molecule has 0 radical (unpaired) electrons. The van der Waals surface area contributed by atoms with Crippen molar-refractivity contribution in [3.8, 4) is 11.5 Å². The minimum absolute atomic E-state index is 0.0524. The number of ether oxygens (including phenoxy) is 2. The second-order valence-corrected chi connectivity index (χ2v) is 7.13. The van der Waals surface area contributed by atoms with Crippen LogP contribution >= 0.6 is 0 Å². The molecule has 0 unspecified atom stereocenters. The molecule has 4 rings (SSSR count). The average molecular weight is 345 g/mol. The number of urea groups is 1. The van der Waals surface area contributed by atoms with Gasteiger partial charge in [-0.3, -0.25) is 0 Å². The van der Waals surface area contributed by atoms with Crippen LogP contribution in [0.5, 0.6) is 11.5 Å². The fraction of sp³-hybridized carbons (Fsp3) is 0.632. The molecule has 3 heterocycles. The van der Waals surface area contributed by atoms with Crippen LogP contribution in [0.1, 0.15) is 31.2 Å². The van der Waals surface area contributed by atoms with Crippen LogP contribution in [0.4, 0.5) is 4.79 Å². The van der Waals surface area contributed by atoms with Crippen molar-refractivity contribution >= 4 is 6.03 Å². The number of nitrogens with one attached hydrogen (secondary N) is 1. The van der Waals surface area contributed by atoms with E-state index in [1.54, 1.807) is 0 Å². The summed E-state index contributed by atoms with van der Waals surface area (Å²) >= 11 is 0. The maximum Gasteiger partial charge on any atom is 0.317 e. The van der Waals surface area contributed by atoms with Crippen LogP contribution in [0.25, 0.3) is 0 Å². The summed E-state index contributed by atoms with van der Waals surface area (Å²) in [6.07, 6.45) is 4.82. The number of fused-ring (bicyclic) bond motifs is 1. The van der Waals surface area contributed by atoms with Crippen molar-refractivity contribution in [3.63, 3.8) is 0 Å². The predicted octanol–water partition coefficient (Wildman–Crippen LogP) is 2.23. The third-order valence-electron chi connectivity index (χ3n) is 5.36. The zero-order chi connectivity index (χ0) is 17.1. The molecule has 1 atom stereocenters. The Morgan fingerprint density at radius 2 is 1.88 bits per heavy atom. The van der Waals surface area contributed by atoms with Crippen molar-refractivity contribution < 1.29 is 14.3 Å². The molecule has 3 aliphatic rings. The molecule has 0 spiro atoms. The van der Waals surface area contributed by atoms with Gasteiger partial charge in [-0.25, -0.2) is 4.79 Å². The number of benzene rings is 1. The molecule has 6 heteroatoms. The van der Waals surface area contributed by atoms with Crippen molar-refractivity contribution in [2.45, 2.75) is 38.3 Å². The lowest BCUT2D eigenvalue weighted by Crippen LogP contribution is -2.46. The molecule has 136 valence electrons. The Kier molecular flexibility index (Phi) is 4.97. The molecular weight excluding hydrogens is 318 g/mol. The van der Waals surface area contributed by atoms with Crippen molar-refractivity contribution in [2.75, 3.05) is 39.4 Å². The van der Waals surface area contributed by atoms with Crippen LogP contribution in [-0.2, 0) is 6.54 Å². The minimum Gasteiger partial charge on any atom is -0.486 e. The van der Waals surface area contributed by atoms with Crippen molar-refractivity contribution in [2.24, 2.45) is 0 Å². The molecule has 2 saturated heterocycles. The molecule has 25 heavy (non-hydrogen) atoms. The predicted molar refractivity (Wildman–Crippen MR) is 95.1 cm³/mol. The summed E-state index contributed by atoms with van der Waals surface area (Å²) in [5, 5.41) is 3.07. The largest absolute Gasteiger partial charge is 0.486 e. The molecule has 0 aromatic heterocycles. The highest BCUT2D eigenvalue weighted by Gasteiger charge is 2.30. The SMILES string of the molecule is O=C(NCc1ccc2c(c1)OCCO2)N1CCC[C@@H]1CN1CCCC1. The van der Waals surface area contributed by atoms with E-state index in [4.69, 9.17) is 9.47 Å². The lowest BCUT2D eigenvalue weighted by molar-refractivity contribution is 0.171. The van der Waals surface area contributed by atoms with E-state index in [9.17, 15) is 4.79 Å². The summed E-state index contributed by atoms with van der Waals surface area (Å²) in [7, 11) is 0. The molecule has 0 aliphatic carbocycles. The Morgan fingerprint density at radius 3 is 2.72 bits per heavy atom. The van der Waals surface area contributed by atoms with Crippen molar-refractivity contribution in [1.82, 2.24) is 15.1 Å². The van der Waals surface area contributed by atoms with Gasteiger partial charge in [0.2, 0.25) is 0 Å². The lowest BCUT2D eigenvalue weighted by Gasteiger charge is -2.28. The minimum atomic E-state index is 0.0524. The summed E-state index contributed by atoms with van der Waals surface area (Å²) < 4.78 is 11.1. The van der Waals surface area contributed by atoms with Crippen molar-refractivity contribution in [3.05, 3.63) is 23.8 Å². The van der Waals surface area contributed by atoms with Crippen LogP contribution in [0.3, 0.4) is 0 Å². The molecule has 0 bridgehead atoms. The van der Waals surface area contributed by atoms with Gasteiger partial charge >= 0.3 is 6.03 Å². The third-order valence-corrected chi connectivity index (χ3v) is 5.36. The second kappa shape index (κ2) is 7.52. The zero-order valence-electron chi connectivity index (χ0n) is 14.7. The second-order valence-electron chi connectivity index (χ2n) is 7.13. The quantitative estimate of drug-likeness (QED) is 0.909. The Hall–Kier alpha value is -1.95. The van der Waals surface area contributed by atoms with Gasteiger partial charge in [-0.1, -0.05) is 6.07 Å². The molecular formula is C19H27N3O3. The first-order valence-corrected chi connectivity index (χ1v) is 9.45. The van der Waals surface area contributed by atoms with E-state index in [0.717, 1.165) is 43.0 Å². The molecule has 1 N–H and O–H groups in total. The van der Waals surface area contributed by atoms with Crippen LogP contribution in [0.15, 0.2) is 18.2 Å². The molecule has 3 aliphatic heterocycles. The van der Waals surface area contributed by atoms with Gasteiger partial charge in [-0.2, -0.15) is 0 Å². The maximum atomic E-state index is 12.6. The van der Waals surface area contributed by atoms with Gasteiger partial charge < -0.3 is 24.6 Å². The van der Waals surface area contributed by atoms with E-state index in [1.165, 1.54) is 25.9 Å². The van der Waals surface area contributed by atoms with Gasteiger partial charge in [0.05, 0.1) is 0 Å². The van der Waals surface area contributed by atoms with Gasteiger partial charge in [0.15, 0.2) is 11.5 Å². The number of hydrogen-bond acceptors (Lipinski definition) is 4. The molecule has 1 aromatic rings. The van der Waals surface area contributed by atoms with E-state index in [-0.39, 0.29) is 6.03 Å². The average Bonchev–Trinajstić information content (AvgIpc) is 3.32. The van der Waals surface area contributed by atoms with Crippen molar-refractivity contribution in [1.29, 1.82) is 0 Å². The number of carbonyl (C=O) groups is 1. The summed E-state index contributed by atoms with van der Waals surface area (Å²) in [6, 6.07) is 6.28. The number of amides is 2. The topological polar surface area (TPSA) is 54.0 Å². The van der Waals surface area contributed by atoms with Gasteiger partial charge in [0, 0.05) is 25.7 Å². The fourth-order valence-corrected chi connectivity index (χ4v) is 4.03. The lowest BCUT2D eigenvalue weighted by atomic mass is 10.2. The van der Waals surface area contributed by atoms with E-state index >= 15 is 0 Å². The van der Waals surface area contributed by atoms with Gasteiger partial charge in [0.1, 0.15) is 13.2 Å². The zero-order valence-corrected chi connectivity index (χ0v) is 14.7. The summed E-state index contributed by atoms with van der Waals surface area (Å²) in [4.78, 5) is 17.2. The van der Waals surface area contributed by atoms with Crippen LogP contribution in [-0.4, -0.2) is 61.3 Å². The number of carbonyl (C=O) groups excluding carboxylic acids is 1. The standard InChI is InChI=1S/C19H27N3O3/c23-19(22-9-3-4-16(22)14-21-7-1-2-8-21)20-13-15-5-6-17-18(12-15)25-11-10-24-17/h5-6,12,16H,1-4,7-11,13-14H2,(H,20,23)/t16-/m1/s1. The van der Waals surface area contributed by atoms with Crippen LogP contribution in [0.2, 0.25) is 0 Å². The van der Waals surface area contributed by atoms with E-state index < -0.39 is 0 Å². The van der Waals surface area contributed by atoms with Gasteiger partial charge in [-0.15, -0.1) is 0 Å².